The quantitative estimate of drug-likeness (QED) is 0.782. The van der Waals surface area contributed by atoms with Gasteiger partial charge in [0, 0.05) is 11.4 Å². The minimum atomic E-state index is -4.75. The summed E-state index contributed by atoms with van der Waals surface area (Å²) in [5.74, 6) is -0.756. The van der Waals surface area contributed by atoms with Gasteiger partial charge in [-0.05, 0) is 12.1 Å². The predicted octanol–water partition coefficient (Wildman–Crippen LogP) is 3.90. The maximum atomic E-state index is 12.2. The SMILES string of the molecule is O=C(Nc1nc2ccc(OC(F)(F)F)cc2s1)c1cscn1. The first kappa shape index (κ1) is 14.7. The second kappa shape index (κ2) is 5.54. The molecular formula is C12H6F3N3O2S2. The highest BCUT2D eigenvalue weighted by molar-refractivity contribution is 7.22. The molecule has 0 aliphatic heterocycles. The number of alkyl halides is 3. The van der Waals surface area contributed by atoms with Gasteiger partial charge in [-0.15, -0.1) is 24.5 Å². The molecule has 2 aromatic heterocycles. The van der Waals surface area contributed by atoms with Crippen LogP contribution in [0.4, 0.5) is 18.3 Å². The van der Waals surface area contributed by atoms with Gasteiger partial charge in [-0.2, -0.15) is 0 Å². The Balaban J connectivity index is 1.82. The van der Waals surface area contributed by atoms with Gasteiger partial charge in [-0.25, -0.2) is 9.97 Å². The van der Waals surface area contributed by atoms with E-state index in [-0.39, 0.29) is 16.6 Å². The zero-order valence-electron chi connectivity index (χ0n) is 10.5. The van der Waals surface area contributed by atoms with Gasteiger partial charge >= 0.3 is 6.36 Å². The fourth-order valence-corrected chi connectivity index (χ4v) is 3.06. The molecule has 0 spiro atoms. The lowest BCUT2D eigenvalue weighted by Gasteiger charge is -2.07. The van der Waals surface area contributed by atoms with Crippen LogP contribution in [0.3, 0.4) is 0 Å². The molecule has 0 saturated carbocycles. The van der Waals surface area contributed by atoms with Gasteiger partial charge in [-0.1, -0.05) is 11.3 Å². The summed E-state index contributed by atoms with van der Waals surface area (Å²) in [7, 11) is 0. The monoisotopic (exact) mass is 345 g/mol. The van der Waals surface area contributed by atoms with Crippen LogP contribution in [0.25, 0.3) is 10.2 Å². The normalized spacial score (nSPS) is 11.6. The highest BCUT2D eigenvalue weighted by Crippen LogP contribution is 2.31. The standard InChI is InChI=1S/C12H6F3N3O2S2/c13-12(14,15)20-6-1-2-7-9(3-6)22-11(17-7)18-10(19)8-4-21-5-16-8/h1-5H,(H,17,18,19). The maximum absolute atomic E-state index is 12.2. The van der Waals surface area contributed by atoms with Crippen molar-refractivity contribution >= 4 is 43.9 Å². The van der Waals surface area contributed by atoms with E-state index in [9.17, 15) is 18.0 Å². The molecule has 114 valence electrons. The number of benzene rings is 1. The molecule has 1 aromatic carbocycles. The minimum absolute atomic E-state index is 0.255. The Morgan fingerprint density at radius 1 is 1.32 bits per heavy atom. The molecule has 0 aliphatic carbocycles. The summed E-state index contributed by atoms with van der Waals surface area (Å²) < 4.78 is 40.8. The number of anilines is 1. The van der Waals surface area contributed by atoms with Crippen LogP contribution < -0.4 is 10.1 Å². The Labute approximate surface area is 129 Å². The molecule has 0 bridgehead atoms. The number of hydrogen-bond donors (Lipinski definition) is 1. The van der Waals surface area contributed by atoms with Crippen LogP contribution in [0, 0.1) is 0 Å². The number of thiazole rings is 2. The second-order valence-corrected chi connectivity index (χ2v) is 5.77. The van der Waals surface area contributed by atoms with Crippen molar-refractivity contribution in [3.05, 3.63) is 34.8 Å². The summed E-state index contributed by atoms with van der Waals surface area (Å²) in [5, 5.41) is 4.41. The second-order valence-electron chi connectivity index (χ2n) is 4.02. The number of aromatic nitrogens is 2. The third-order valence-corrected chi connectivity index (χ3v) is 4.00. The number of halogens is 3. The largest absolute Gasteiger partial charge is 0.573 e. The van der Waals surface area contributed by atoms with Crippen LogP contribution in [-0.4, -0.2) is 22.2 Å². The average molecular weight is 345 g/mol. The van der Waals surface area contributed by atoms with Crippen LogP contribution in [0.2, 0.25) is 0 Å². The van der Waals surface area contributed by atoms with E-state index in [0.717, 1.165) is 11.3 Å². The summed E-state index contributed by atoms with van der Waals surface area (Å²) in [6.45, 7) is 0. The predicted molar refractivity (Wildman–Crippen MR) is 76.4 cm³/mol. The van der Waals surface area contributed by atoms with E-state index in [4.69, 9.17) is 0 Å². The number of fused-ring (bicyclic) bond motifs is 1. The van der Waals surface area contributed by atoms with E-state index in [1.807, 2.05) is 0 Å². The average Bonchev–Trinajstić information content (AvgIpc) is 3.04. The topological polar surface area (TPSA) is 64.1 Å². The Kier molecular flexibility index (Phi) is 3.71. The molecule has 1 N–H and O–H groups in total. The zero-order valence-corrected chi connectivity index (χ0v) is 12.2. The van der Waals surface area contributed by atoms with Crippen molar-refractivity contribution in [2.24, 2.45) is 0 Å². The summed E-state index contributed by atoms with van der Waals surface area (Å²) >= 11 is 2.33. The molecule has 5 nitrogen and oxygen atoms in total. The van der Waals surface area contributed by atoms with Crippen LogP contribution in [0.15, 0.2) is 29.1 Å². The number of carbonyl (C=O) groups excluding carboxylic acids is 1. The number of amides is 1. The number of ether oxygens (including phenoxy) is 1. The number of carbonyl (C=O) groups is 1. The third-order valence-electron chi connectivity index (χ3n) is 2.48. The fourth-order valence-electron chi connectivity index (χ4n) is 1.64. The molecule has 22 heavy (non-hydrogen) atoms. The van der Waals surface area contributed by atoms with Crippen molar-refractivity contribution in [1.82, 2.24) is 9.97 Å². The highest BCUT2D eigenvalue weighted by atomic mass is 32.1. The van der Waals surface area contributed by atoms with E-state index in [1.165, 1.54) is 35.0 Å². The first-order valence-electron chi connectivity index (χ1n) is 5.76. The summed E-state index contributed by atoms with van der Waals surface area (Å²) in [6, 6.07) is 3.78. The molecular weight excluding hydrogens is 339 g/mol. The van der Waals surface area contributed by atoms with E-state index in [0.29, 0.717) is 10.2 Å². The molecule has 0 unspecified atom stereocenters. The summed E-state index contributed by atoms with van der Waals surface area (Å²) in [6.07, 6.45) is -4.75. The third kappa shape index (κ3) is 3.34. The molecule has 0 saturated heterocycles. The van der Waals surface area contributed by atoms with Gasteiger partial charge in [0.1, 0.15) is 11.4 Å². The first-order chi connectivity index (χ1) is 10.4. The lowest BCUT2D eigenvalue weighted by atomic mass is 10.3. The lowest BCUT2D eigenvalue weighted by Crippen LogP contribution is -2.16. The zero-order chi connectivity index (χ0) is 15.7. The van der Waals surface area contributed by atoms with Crippen LogP contribution >= 0.6 is 22.7 Å². The maximum Gasteiger partial charge on any atom is 0.573 e. The van der Waals surface area contributed by atoms with E-state index >= 15 is 0 Å². The van der Waals surface area contributed by atoms with Crippen molar-refractivity contribution in [3.63, 3.8) is 0 Å². The van der Waals surface area contributed by atoms with Crippen LogP contribution in [0.1, 0.15) is 10.5 Å². The summed E-state index contributed by atoms with van der Waals surface area (Å²) in [5.41, 5.74) is 2.24. The van der Waals surface area contributed by atoms with E-state index < -0.39 is 12.3 Å². The van der Waals surface area contributed by atoms with Crippen molar-refractivity contribution in [2.75, 3.05) is 5.32 Å². The van der Waals surface area contributed by atoms with Gasteiger partial charge in [0.05, 0.1) is 15.7 Å². The Bertz CT molecular complexity index is 815. The molecule has 0 atom stereocenters. The number of nitrogens with zero attached hydrogens (tertiary/aromatic N) is 2. The number of rotatable bonds is 3. The minimum Gasteiger partial charge on any atom is -0.406 e. The Morgan fingerprint density at radius 2 is 2.14 bits per heavy atom. The van der Waals surface area contributed by atoms with Gasteiger partial charge in [0.2, 0.25) is 0 Å². The van der Waals surface area contributed by atoms with Crippen LogP contribution in [0.5, 0.6) is 5.75 Å². The van der Waals surface area contributed by atoms with E-state index in [2.05, 4.69) is 20.0 Å². The molecule has 2 heterocycles. The van der Waals surface area contributed by atoms with Gasteiger partial charge < -0.3 is 4.74 Å². The molecule has 0 fully saturated rings. The van der Waals surface area contributed by atoms with Crippen molar-refractivity contribution in [3.8, 4) is 5.75 Å². The molecule has 3 rings (SSSR count). The first-order valence-corrected chi connectivity index (χ1v) is 7.52. The van der Waals surface area contributed by atoms with Crippen LogP contribution in [-0.2, 0) is 0 Å². The lowest BCUT2D eigenvalue weighted by molar-refractivity contribution is -0.274. The van der Waals surface area contributed by atoms with Crippen molar-refractivity contribution in [1.29, 1.82) is 0 Å². The van der Waals surface area contributed by atoms with Gasteiger partial charge in [0.25, 0.3) is 5.91 Å². The molecule has 0 aliphatic rings. The molecule has 1 amide bonds. The number of hydrogen-bond acceptors (Lipinski definition) is 6. The fraction of sp³-hybridized carbons (Fsp3) is 0.0833. The molecule has 0 radical (unpaired) electrons. The van der Waals surface area contributed by atoms with E-state index in [1.54, 1.807) is 5.38 Å². The smallest absolute Gasteiger partial charge is 0.406 e. The summed E-state index contributed by atoms with van der Waals surface area (Å²) in [4.78, 5) is 19.8. The van der Waals surface area contributed by atoms with Crippen molar-refractivity contribution in [2.45, 2.75) is 6.36 Å². The molecule has 3 aromatic rings. The van der Waals surface area contributed by atoms with Gasteiger partial charge in [0.15, 0.2) is 5.13 Å². The van der Waals surface area contributed by atoms with Crippen molar-refractivity contribution < 1.29 is 22.7 Å². The Hall–Kier alpha value is -2.20. The molecule has 10 heteroatoms. The highest BCUT2D eigenvalue weighted by Gasteiger charge is 2.31. The number of nitrogens with one attached hydrogen (secondary N) is 1. The Morgan fingerprint density at radius 3 is 2.82 bits per heavy atom. The van der Waals surface area contributed by atoms with Gasteiger partial charge in [-0.3, -0.25) is 10.1 Å².